The average Bonchev–Trinajstić information content (AvgIpc) is 2.68. The van der Waals surface area contributed by atoms with E-state index in [0.29, 0.717) is 11.8 Å². The third-order valence-corrected chi connectivity index (χ3v) is 4.91. The SMILES string of the molecule is CC(C)c1cccc(C(C)C)c1N=C(Cc1ccccc1)c1ccccc1. The van der Waals surface area contributed by atoms with Crippen LogP contribution in [0.4, 0.5) is 5.69 Å². The third-order valence-electron chi connectivity index (χ3n) is 4.91. The van der Waals surface area contributed by atoms with Gasteiger partial charge in [-0.1, -0.05) is 107 Å². The topological polar surface area (TPSA) is 12.4 Å². The first-order valence-electron chi connectivity index (χ1n) is 9.86. The zero-order chi connectivity index (χ0) is 19.2. The number of aliphatic imine (C=N–C) groups is 1. The molecule has 0 radical (unpaired) electrons. The Morgan fingerprint density at radius 1 is 0.667 bits per heavy atom. The number of hydrogen-bond donors (Lipinski definition) is 0. The van der Waals surface area contributed by atoms with Gasteiger partial charge in [0, 0.05) is 6.42 Å². The quantitative estimate of drug-likeness (QED) is 0.411. The maximum absolute atomic E-state index is 5.28. The van der Waals surface area contributed by atoms with Gasteiger partial charge in [0.15, 0.2) is 0 Å². The van der Waals surface area contributed by atoms with E-state index in [9.17, 15) is 0 Å². The third kappa shape index (κ3) is 4.74. The van der Waals surface area contributed by atoms with E-state index in [0.717, 1.165) is 17.8 Å². The van der Waals surface area contributed by atoms with Crippen molar-refractivity contribution in [1.82, 2.24) is 0 Å². The van der Waals surface area contributed by atoms with Crippen molar-refractivity contribution in [3.8, 4) is 0 Å². The number of hydrogen-bond acceptors (Lipinski definition) is 1. The van der Waals surface area contributed by atoms with Crippen molar-refractivity contribution in [3.05, 3.63) is 101 Å². The Balaban J connectivity index is 2.16. The first-order valence-corrected chi connectivity index (χ1v) is 9.86. The van der Waals surface area contributed by atoms with Gasteiger partial charge in [0.25, 0.3) is 0 Å². The van der Waals surface area contributed by atoms with Crippen LogP contribution in [-0.2, 0) is 6.42 Å². The first kappa shape index (κ1) is 19.1. The molecule has 3 aromatic rings. The summed E-state index contributed by atoms with van der Waals surface area (Å²) < 4.78 is 0. The second-order valence-corrected chi connectivity index (χ2v) is 7.68. The van der Waals surface area contributed by atoms with E-state index in [2.05, 4.69) is 107 Å². The summed E-state index contributed by atoms with van der Waals surface area (Å²) in [6.45, 7) is 8.99. The highest BCUT2D eigenvalue weighted by atomic mass is 14.8. The van der Waals surface area contributed by atoms with Crippen molar-refractivity contribution >= 4 is 11.4 Å². The lowest BCUT2D eigenvalue weighted by molar-refractivity contribution is 0.834. The second kappa shape index (κ2) is 8.81. The Labute approximate surface area is 163 Å². The van der Waals surface area contributed by atoms with Crippen LogP contribution >= 0.6 is 0 Å². The highest BCUT2D eigenvalue weighted by Crippen LogP contribution is 2.35. The molecule has 1 nitrogen and oxygen atoms in total. The molecule has 0 bridgehead atoms. The number of nitrogens with zero attached hydrogens (tertiary/aromatic N) is 1. The van der Waals surface area contributed by atoms with Crippen molar-refractivity contribution in [3.63, 3.8) is 0 Å². The fraction of sp³-hybridized carbons (Fsp3) is 0.269. The van der Waals surface area contributed by atoms with Gasteiger partial charge in [-0.2, -0.15) is 0 Å². The van der Waals surface area contributed by atoms with Crippen LogP contribution in [0.2, 0.25) is 0 Å². The van der Waals surface area contributed by atoms with Crippen LogP contribution in [0.5, 0.6) is 0 Å². The van der Waals surface area contributed by atoms with Crippen molar-refractivity contribution in [2.45, 2.75) is 46.0 Å². The molecule has 3 aromatic carbocycles. The molecule has 0 N–H and O–H groups in total. The molecular weight excluding hydrogens is 326 g/mol. The molecule has 1 heteroatoms. The molecule has 0 aromatic heterocycles. The molecule has 0 saturated carbocycles. The van der Waals surface area contributed by atoms with Gasteiger partial charge in [-0.15, -0.1) is 0 Å². The molecule has 27 heavy (non-hydrogen) atoms. The van der Waals surface area contributed by atoms with Gasteiger partial charge in [0.05, 0.1) is 11.4 Å². The Bertz CT molecular complexity index is 864. The van der Waals surface area contributed by atoms with E-state index in [1.165, 1.54) is 22.3 Å². The van der Waals surface area contributed by atoms with Gasteiger partial charge < -0.3 is 0 Å². The zero-order valence-electron chi connectivity index (χ0n) is 16.8. The molecule has 0 aliphatic heterocycles. The Morgan fingerprint density at radius 3 is 1.70 bits per heavy atom. The predicted octanol–water partition coefficient (Wildman–Crippen LogP) is 7.30. The Morgan fingerprint density at radius 2 is 1.19 bits per heavy atom. The van der Waals surface area contributed by atoms with Crippen LogP contribution < -0.4 is 0 Å². The number of para-hydroxylation sites is 1. The fourth-order valence-electron chi connectivity index (χ4n) is 3.40. The summed E-state index contributed by atoms with van der Waals surface area (Å²) >= 11 is 0. The zero-order valence-corrected chi connectivity index (χ0v) is 16.8. The monoisotopic (exact) mass is 355 g/mol. The molecule has 0 saturated heterocycles. The van der Waals surface area contributed by atoms with E-state index in [1.807, 2.05) is 0 Å². The van der Waals surface area contributed by atoms with Gasteiger partial charge in [0.2, 0.25) is 0 Å². The molecule has 0 unspecified atom stereocenters. The smallest absolute Gasteiger partial charge is 0.0702 e. The van der Waals surface area contributed by atoms with Crippen LogP contribution in [0.3, 0.4) is 0 Å². The van der Waals surface area contributed by atoms with Gasteiger partial charge in [0.1, 0.15) is 0 Å². The van der Waals surface area contributed by atoms with E-state index in [1.54, 1.807) is 0 Å². The normalized spacial score (nSPS) is 12.0. The highest BCUT2D eigenvalue weighted by Gasteiger charge is 2.15. The van der Waals surface area contributed by atoms with Gasteiger partial charge in [-0.25, -0.2) is 0 Å². The minimum Gasteiger partial charge on any atom is -0.252 e. The summed E-state index contributed by atoms with van der Waals surface area (Å²) in [6, 6.07) is 27.8. The molecule has 0 spiro atoms. The van der Waals surface area contributed by atoms with E-state index >= 15 is 0 Å². The summed E-state index contributed by atoms with van der Waals surface area (Å²) in [4.78, 5) is 5.28. The lowest BCUT2D eigenvalue weighted by Crippen LogP contribution is -2.06. The van der Waals surface area contributed by atoms with Crippen molar-refractivity contribution < 1.29 is 0 Å². The lowest BCUT2D eigenvalue weighted by Gasteiger charge is -2.18. The molecule has 0 amide bonds. The van der Waals surface area contributed by atoms with Gasteiger partial charge >= 0.3 is 0 Å². The fourth-order valence-corrected chi connectivity index (χ4v) is 3.40. The Kier molecular flexibility index (Phi) is 6.24. The average molecular weight is 356 g/mol. The van der Waals surface area contributed by atoms with Crippen LogP contribution in [0.15, 0.2) is 83.9 Å². The minimum absolute atomic E-state index is 0.441. The largest absolute Gasteiger partial charge is 0.252 e. The summed E-state index contributed by atoms with van der Waals surface area (Å²) in [5.41, 5.74) is 7.39. The molecule has 0 aliphatic rings. The molecule has 138 valence electrons. The number of rotatable bonds is 6. The van der Waals surface area contributed by atoms with Crippen molar-refractivity contribution in [2.75, 3.05) is 0 Å². The molecular formula is C26H29N. The van der Waals surface area contributed by atoms with E-state index in [4.69, 9.17) is 4.99 Å². The van der Waals surface area contributed by atoms with Crippen molar-refractivity contribution in [2.24, 2.45) is 4.99 Å². The van der Waals surface area contributed by atoms with Gasteiger partial charge in [-0.05, 0) is 34.1 Å². The second-order valence-electron chi connectivity index (χ2n) is 7.68. The Hall–Kier alpha value is -2.67. The molecule has 3 rings (SSSR count). The van der Waals surface area contributed by atoms with E-state index in [-0.39, 0.29) is 0 Å². The minimum atomic E-state index is 0.441. The number of benzene rings is 3. The highest BCUT2D eigenvalue weighted by molar-refractivity contribution is 6.03. The predicted molar refractivity (Wildman–Crippen MR) is 117 cm³/mol. The molecule has 0 fully saturated rings. The standard InChI is InChI=1S/C26H29N/c1-19(2)23-16-11-17-24(20(3)4)26(23)27-25(22-14-9-6-10-15-22)18-21-12-7-5-8-13-21/h5-17,19-20H,18H2,1-4H3. The van der Waals surface area contributed by atoms with Crippen LogP contribution in [0, 0.1) is 0 Å². The summed E-state index contributed by atoms with van der Waals surface area (Å²) in [7, 11) is 0. The molecule has 0 aliphatic carbocycles. The summed E-state index contributed by atoms with van der Waals surface area (Å²) in [5.74, 6) is 0.882. The summed E-state index contributed by atoms with van der Waals surface area (Å²) in [5, 5.41) is 0. The summed E-state index contributed by atoms with van der Waals surface area (Å²) in [6.07, 6.45) is 0.828. The first-order chi connectivity index (χ1) is 13.1. The molecule has 0 heterocycles. The maximum Gasteiger partial charge on any atom is 0.0702 e. The van der Waals surface area contributed by atoms with Crippen LogP contribution in [0.25, 0.3) is 0 Å². The maximum atomic E-state index is 5.28. The van der Waals surface area contributed by atoms with E-state index < -0.39 is 0 Å². The molecule has 0 atom stereocenters. The van der Waals surface area contributed by atoms with Crippen LogP contribution in [-0.4, -0.2) is 5.71 Å². The van der Waals surface area contributed by atoms with Crippen LogP contribution in [0.1, 0.15) is 61.8 Å². The van der Waals surface area contributed by atoms with Gasteiger partial charge in [-0.3, -0.25) is 4.99 Å². The lowest BCUT2D eigenvalue weighted by atomic mass is 9.92. The van der Waals surface area contributed by atoms with Crippen molar-refractivity contribution in [1.29, 1.82) is 0 Å².